The van der Waals surface area contributed by atoms with E-state index >= 15 is 0 Å². The number of hydrogen-bond donors (Lipinski definition) is 2. The first-order chi connectivity index (χ1) is 18.0. The molecule has 3 atom stereocenters. The van der Waals surface area contributed by atoms with Crippen LogP contribution in [0.15, 0.2) is 60.7 Å². The number of hydrogen-bond acceptors (Lipinski definition) is 4. The third-order valence-electron chi connectivity index (χ3n) is 7.66. The topological polar surface area (TPSA) is 87.7 Å². The molecule has 2 saturated heterocycles. The summed E-state index contributed by atoms with van der Waals surface area (Å²) < 4.78 is 5.49. The normalized spacial score (nSPS) is 23.3. The van der Waals surface area contributed by atoms with Gasteiger partial charge in [0.15, 0.2) is 0 Å². The second-order valence-corrected chi connectivity index (χ2v) is 12.2. The summed E-state index contributed by atoms with van der Waals surface area (Å²) >= 11 is 0. The van der Waals surface area contributed by atoms with Crippen molar-refractivity contribution < 1.29 is 19.1 Å². The standard InChI is InChI=1S/C31H41N3O4/c1-30(2,3)38-29(37)33-26-28(36)34-23(17-12-20-31(26,4)5)18-19-24(34)27(35)32-25(21-13-8-6-9-14-21)22-15-10-7-11-16-22/h6-11,13-16,23-26H,12,17-20H2,1-5H3,(H,32,35)(H,33,37)/t23-,24-,26+/m0/s1. The van der Waals surface area contributed by atoms with Gasteiger partial charge in [-0.3, -0.25) is 9.59 Å². The molecule has 4 rings (SSSR count). The van der Waals surface area contributed by atoms with Gasteiger partial charge in [0.1, 0.15) is 17.7 Å². The Morgan fingerprint density at radius 1 is 0.947 bits per heavy atom. The maximum atomic E-state index is 14.1. The zero-order valence-corrected chi connectivity index (χ0v) is 23.2. The van der Waals surface area contributed by atoms with Gasteiger partial charge in [0.05, 0.1) is 6.04 Å². The molecule has 2 N–H and O–H groups in total. The zero-order chi connectivity index (χ0) is 27.5. The van der Waals surface area contributed by atoms with Crippen LogP contribution in [0.5, 0.6) is 0 Å². The molecule has 38 heavy (non-hydrogen) atoms. The number of nitrogens with one attached hydrogen (secondary N) is 2. The quantitative estimate of drug-likeness (QED) is 0.557. The molecule has 2 aromatic rings. The van der Waals surface area contributed by atoms with Crippen molar-refractivity contribution in [3.05, 3.63) is 71.8 Å². The first-order valence-electron chi connectivity index (χ1n) is 13.7. The van der Waals surface area contributed by atoms with Crippen LogP contribution in [0.1, 0.15) is 83.9 Å². The van der Waals surface area contributed by atoms with E-state index in [0.29, 0.717) is 6.42 Å². The molecule has 0 spiro atoms. The van der Waals surface area contributed by atoms with Gasteiger partial charge in [-0.2, -0.15) is 0 Å². The van der Waals surface area contributed by atoms with Gasteiger partial charge >= 0.3 is 6.09 Å². The number of alkyl carbamates (subject to hydrolysis) is 1. The van der Waals surface area contributed by atoms with Crippen molar-refractivity contribution in [3.8, 4) is 0 Å². The van der Waals surface area contributed by atoms with E-state index in [-0.39, 0.29) is 23.9 Å². The van der Waals surface area contributed by atoms with Crippen LogP contribution >= 0.6 is 0 Å². The SMILES string of the molecule is CC(C)(C)OC(=O)N[C@@H]1C(=O)N2[C@@H](CCCC1(C)C)CC[C@H]2C(=O)NC(c1ccccc1)c1ccccc1. The molecule has 0 aromatic heterocycles. The minimum atomic E-state index is -0.785. The number of benzene rings is 2. The fraction of sp³-hybridized carbons (Fsp3) is 0.516. The van der Waals surface area contributed by atoms with Gasteiger partial charge in [0.2, 0.25) is 11.8 Å². The second kappa shape index (κ2) is 11.2. The predicted molar refractivity (Wildman–Crippen MR) is 147 cm³/mol. The Kier molecular flexibility index (Phi) is 8.14. The van der Waals surface area contributed by atoms with Crippen molar-refractivity contribution in [2.75, 3.05) is 0 Å². The van der Waals surface area contributed by atoms with E-state index in [9.17, 15) is 14.4 Å². The molecule has 2 aliphatic rings. The lowest BCUT2D eigenvalue weighted by Crippen LogP contribution is -2.61. The molecule has 2 aromatic carbocycles. The maximum absolute atomic E-state index is 14.1. The summed E-state index contributed by atoms with van der Waals surface area (Å²) in [7, 11) is 0. The highest BCUT2D eigenvalue weighted by Crippen LogP contribution is 2.38. The highest BCUT2D eigenvalue weighted by molar-refractivity contribution is 5.93. The number of amides is 3. The van der Waals surface area contributed by atoms with E-state index in [0.717, 1.165) is 36.8 Å². The Morgan fingerprint density at radius 3 is 2.08 bits per heavy atom. The van der Waals surface area contributed by atoms with E-state index in [1.54, 1.807) is 25.7 Å². The van der Waals surface area contributed by atoms with Crippen LogP contribution in [-0.4, -0.2) is 46.5 Å². The summed E-state index contributed by atoms with van der Waals surface area (Å²) in [6, 6.07) is 18.0. The molecule has 2 aliphatic heterocycles. The molecule has 3 amide bonds. The predicted octanol–water partition coefficient (Wildman–Crippen LogP) is 5.36. The first kappa shape index (κ1) is 27.7. The molecule has 0 unspecified atom stereocenters. The average molecular weight is 520 g/mol. The lowest BCUT2D eigenvalue weighted by atomic mass is 9.77. The molecule has 0 saturated carbocycles. The fourth-order valence-corrected chi connectivity index (χ4v) is 5.75. The Labute approximate surface area is 226 Å². The van der Waals surface area contributed by atoms with Crippen molar-refractivity contribution >= 4 is 17.9 Å². The Hall–Kier alpha value is -3.35. The molecule has 0 radical (unpaired) electrons. The van der Waals surface area contributed by atoms with E-state index in [1.165, 1.54) is 0 Å². The summed E-state index contributed by atoms with van der Waals surface area (Å²) in [6.07, 6.45) is 3.31. The highest BCUT2D eigenvalue weighted by Gasteiger charge is 2.49. The van der Waals surface area contributed by atoms with Gasteiger partial charge in [-0.05, 0) is 63.0 Å². The number of rotatable bonds is 5. The number of carbonyl (C=O) groups excluding carboxylic acids is 3. The first-order valence-corrected chi connectivity index (χ1v) is 13.7. The third kappa shape index (κ3) is 6.37. The lowest BCUT2D eigenvalue weighted by molar-refractivity contribution is -0.145. The molecule has 0 bridgehead atoms. The van der Waals surface area contributed by atoms with Crippen LogP contribution in [0.2, 0.25) is 0 Å². The van der Waals surface area contributed by atoms with Crippen LogP contribution in [0.4, 0.5) is 4.79 Å². The second-order valence-electron chi connectivity index (χ2n) is 12.2. The zero-order valence-electron chi connectivity index (χ0n) is 23.2. The Balaban J connectivity index is 1.60. The number of fused-ring (bicyclic) bond motifs is 1. The van der Waals surface area contributed by atoms with Crippen LogP contribution < -0.4 is 10.6 Å². The molecule has 0 aliphatic carbocycles. The van der Waals surface area contributed by atoms with Crippen molar-refractivity contribution in [3.63, 3.8) is 0 Å². The molecule has 7 heteroatoms. The van der Waals surface area contributed by atoms with Gasteiger partial charge < -0.3 is 20.3 Å². The molecule has 2 fully saturated rings. The van der Waals surface area contributed by atoms with Crippen LogP contribution in [0.25, 0.3) is 0 Å². The number of ether oxygens (including phenoxy) is 1. The largest absolute Gasteiger partial charge is 0.444 e. The molecule has 204 valence electrons. The molecule has 7 nitrogen and oxygen atoms in total. The maximum Gasteiger partial charge on any atom is 0.408 e. The Bertz CT molecular complexity index is 1090. The summed E-state index contributed by atoms with van der Waals surface area (Å²) in [5.74, 6) is -0.382. The van der Waals surface area contributed by atoms with Crippen molar-refractivity contribution in [1.82, 2.24) is 15.5 Å². The van der Waals surface area contributed by atoms with Gasteiger partial charge in [-0.25, -0.2) is 4.79 Å². The van der Waals surface area contributed by atoms with Gasteiger partial charge in [0, 0.05) is 6.04 Å². The van der Waals surface area contributed by atoms with E-state index in [1.807, 2.05) is 74.5 Å². The molecular formula is C31H41N3O4. The van der Waals surface area contributed by atoms with E-state index < -0.39 is 29.2 Å². The van der Waals surface area contributed by atoms with E-state index in [4.69, 9.17) is 4.74 Å². The fourth-order valence-electron chi connectivity index (χ4n) is 5.75. The summed E-state index contributed by atoms with van der Waals surface area (Å²) in [5.41, 5.74) is 0.790. The number of carbonyl (C=O) groups is 3. The van der Waals surface area contributed by atoms with E-state index in [2.05, 4.69) is 10.6 Å². The number of nitrogens with zero attached hydrogens (tertiary/aromatic N) is 1. The molecule has 2 heterocycles. The average Bonchev–Trinajstić information content (AvgIpc) is 3.28. The smallest absolute Gasteiger partial charge is 0.408 e. The minimum absolute atomic E-state index is 0.0239. The van der Waals surface area contributed by atoms with Crippen LogP contribution in [0.3, 0.4) is 0 Å². The van der Waals surface area contributed by atoms with Crippen molar-refractivity contribution in [2.24, 2.45) is 5.41 Å². The van der Waals surface area contributed by atoms with Crippen molar-refractivity contribution in [1.29, 1.82) is 0 Å². The van der Waals surface area contributed by atoms with Gasteiger partial charge in [0.25, 0.3) is 0 Å². The Morgan fingerprint density at radius 2 is 1.53 bits per heavy atom. The van der Waals surface area contributed by atoms with Gasteiger partial charge in [-0.15, -0.1) is 0 Å². The summed E-state index contributed by atoms with van der Waals surface area (Å²) in [5, 5.41) is 6.11. The summed E-state index contributed by atoms with van der Waals surface area (Å²) in [6.45, 7) is 9.39. The minimum Gasteiger partial charge on any atom is -0.444 e. The van der Waals surface area contributed by atoms with Crippen LogP contribution in [0, 0.1) is 5.41 Å². The highest BCUT2D eigenvalue weighted by atomic mass is 16.6. The third-order valence-corrected chi connectivity index (χ3v) is 7.66. The van der Waals surface area contributed by atoms with Gasteiger partial charge in [-0.1, -0.05) is 80.9 Å². The molecular weight excluding hydrogens is 478 g/mol. The lowest BCUT2D eigenvalue weighted by Gasteiger charge is -2.42. The summed E-state index contributed by atoms with van der Waals surface area (Å²) in [4.78, 5) is 42.5. The van der Waals surface area contributed by atoms with Crippen LogP contribution in [-0.2, 0) is 14.3 Å². The monoisotopic (exact) mass is 519 g/mol. The van der Waals surface area contributed by atoms with Crippen molar-refractivity contribution in [2.45, 2.75) is 96.5 Å².